The van der Waals surface area contributed by atoms with Gasteiger partial charge >= 0.3 is 0 Å². The molecule has 0 amide bonds. The maximum absolute atomic E-state index is 4.50. The van der Waals surface area contributed by atoms with Gasteiger partial charge in [0, 0.05) is 21.1 Å². The summed E-state index contributed by atoms with van der Waals surface area (Å²) in [5, 5.41) is 0. The average molecular weight is 343 g/mol. The van der Waals surface area contributed by atoms with Crippen LogP contribution in [0, 0.1) is 0 Å². The van der Waals surface area contributed by atoms with Gasteiger partial charge in [0.1, 0.15) is 0 Å². The Morgan fingerprint density at radius 2 is 1.11 bits per heavy atom. The molecule has 56 valence electrons. The van der Waals surface area contributed by atoms with Crippen LogP contribution >= 0.6 is 31.5 Å². The number of hydrogen-bond acceptors (Lipinski definition) is 0. The number of rotatable bonds is 0. The van der Waals surface area contributed by atoms with Crippen LogP contribution in [0.15, 0.2) is 0 Å². The monoisotopic (exact) mass is 344 g/mol. The first-order chi connectivity index (χ1) is 2.73. The number of hydrogen-bond donors (Lipinski definition) is 0. The van der Waals surface area contributed by atoms with Gasteiger partial charge in [-0.15, -0.1) is 31.5 Å². The molecule has 7 heteroatoms. The predicted molar refractivity (Wildman–Crippen MR) is 48.3 cm³/mol. The minimum absolute atomic E-state index is 0. The summed E-state index contributed by atoms with van der Waals surface area (Å²) in [5.74, 6) is 0. The van der Waals surface area contributed by atoms with E-state index < -0.39 is 0 Å². The average Bonchev–Trinajstić information content (AvgIpc) is 1.41. The van der Waals surface area contributed by atoms with E-state index in [-0.39, 0.29) is 32.0 Å². The van der Waals surface area contributed by atoms with Gasteiger partial charge in [-0.2, -0.15) is 0 Å². The summed E-state index contributed by atoms with van der Waals surface area (Å²) in [5.41, 5.74) is 0. The summed E-state index contributed by atoms with van der Waals surface area (Å²) in [6.45, 7) is 3.50. The predicted octanol–water partition coefficient (Wildman–Crippen LogP) is 0.445. The van der Waals surface area contributed by atoms with Gasteiger partial charge in [-0.25, -0.2) is 0 Å². The molecule has 2 radical (unpaired) electrons. The normalized spacial score (nSPS) is 3.56. The molecule has 0 heterocycles. The van der Waals surface area contributed by atoms with Crippen LogP contribution in [0.25, 0.3) is 0 Å². The van der Waals surface area contributed by atoms with Gasteiger partial charge in [-0.1, -0.05) is 13.6 Å². The van der Waals surface area contributed by atoms with Crippen molar-refractivity contribution < 1.29 is 32.0 Å². The maximum Gasteiger partial charge on any atom is 0.295 e. The second kappa shape index (κ2) is 33.2. The fourth-order valence-corrected chi connectivity index (χ4v) is 0. The van der Waals surface area contributed by atoms with Crippen LogP contribution in [0.3, 0.4) is 0 Å². The van der Waals surface area contributed by atoms with Crippen LogP contribution in [-0.4, -0.2) is 23.2 Å². The Hall–Kier alpha value is 1.70. The molecule has 4 N–H and O–H groups in total. The Labute approximate surface area is 88.9 Å². The van der Waals surface area contributed by atoms with E-state index in [1.54, 1.807) is 0 Å². The Bertz CT molecular complexity index is 25.3. The van der Waals surface area contributed by atoms with Crippen LogP contribution in [0.1, 0.15) is 0 Å². The number of halogens is 2. The SMILES string of the molecule is CB(Br)Br.O.O.[B]C.[Mo]. The van der Waals surface area contributed by atoms with Gasteiger partial charge in [-0.3, -0.25) is 0 Å². The van der Waals surface area contributed by atoms with Crippen molar-refractivity contribution in [2.75, 3.05) is 0 Å². The Kier molecular flexibility index (Phi) is 114. The van der Waals surface area contributed by atoms with Crippen molar-refractivity contribution in [2.45, 2.75) is 13.6 Å². The van der Waals surface area contributed by atoms with Crippen LogP contribution < -0.4 is 0 Å². The van der Waals surface area contributed by atoms with Crippen molar-refractivity contribution in [3.8, 4) is 0 Å². The van der Waals surface area contributed by atoms with Crippen LogP contribution in [-0.2, 0) is 21.1 Å². The Morgan fingerprint density at radius 1 is 1.11 bits per heavy atom. The van der Waals surface area contributed by atoms with Gasteiger partial charge in [-0.05, 0) is 0 Å². The molecule has 0 aliphatic rings. The quantitative estimate of drug-likeness (QED) is 0.573. The zero-order valence-corrected chi connectivity index (χ0v) is 10.5. The molecule has 0 atom stereocenters. The van der Waals surface area contributed by atoms with E-state index in [0.29, 0.717) is 4.36 Å². The zero-order chi connectivity index (χ0) is 5.58. The van der Waals surface area contributed by atoms with E-state index in [2.05, 4.69) is 39.4 Å². The second-order valence-corrected chi connectivity index (χ2v) is 4.49. The molecule has 0 aliphatic carbocycles. The molecule has 0 saturated heterocycles. The van der Waals surface area contributed by atoms with Crippen molar-refractivity contribution in [1.29, 1.82) is 0 Å². The zero-order valence-electron chi connectivity index (χ0n) is 5.32. The van der Waals surface area contributed by atoms with E-state index in [1.165, 1.54) is 6.82 Å². The summed E-state index contributed by atoms with van der Waals surface area (Å²) in [4.78, 5) is 0. The molecule has 0 unspecified atom stereocenters. The van der Waals surface area contributed by atoms with E-state index in [1.807, 2.05) is 6.82 Å². The largest absolute Gasteiger partial charge is 0.412 e. The third-order valence-corrected chi connectivity index (χ3v) is 0. The van der Waals surface area contributed by atoms with E-state index >= 15 is 0 Å². The fraction of sp³-hybridized carbons (Fsp3) is 1.00. The summed E-state index contributed by atoms with van der Waals surface area (Å²) in [6, 6.07) is 0. The maximum atomic E-state index is 4.50. The third kappa shape index (κ3) is 199. The molecule has 0 aromatic carbocycles. The van der Waals surface area contributed by atoms with Gasteiger partial charge in [0.05, 0.1) is 7.85 Å². The molecule has 0 fully saturated rings. The summed E-state index contributed by atoms with van der Waals surface area (Å²) >= 11 is 6.38. The Balaban J connectivity index is -0.00000000990. The van der Waals surface area contributed by atoms with E-state index in [0.717, 1.165) is 0 Å². The second-order valence-electron chi connectivity index (χ2n) is 0.519. The standard InChI is InChI=1S/CH3BBr2.CH3B.Mo.2H2O/c1-2(3)4;1-2;;;/h1H3;1H3;;2*1H2. The molecule has 0 spiro atoms. The molecule has 9 heavy (non-hydrogen) atoms. The minimum atomic E-state index is 0. The molecule has 0 aromatic rings. The molecule has 0 aliphatic heterocycles. The van der Waals surface area contributed by atoms with Crippen molar-refractivity contribution in [3.05, 3.63) is 0 Å². The van der Waals surface area contributed by atoms with Crippen LogP contribution in [0.2, 0.25) is 13.6 Å². The molecule has 0 aromatic heterocycles. The Morgan fingerprint density at radius 3 is 1.11 bits per heavy atom. The minimum Gasteiger partial charge on any atom is -0.412 e. The third-order valence-electron chi connectivity index (χ3n) is 0. The van der Waals surface area contributed by atoms with Gasteiger partial charge in [0.25, 0.3) is 4.36 Å². The fourth-order valence-electron chi connectivity index (χ4n) is 0. The first kappa shape index (κ1) is 31.0. The molecular weight excluding hydrogens is 333 g/mol. The van der Waals surface area contributed by atoms with Crippen LogP contribution in [0.4, 0.5) is 0 Å². The van der Waals surface area contributed by atoms with Crippen molar-refractivity contribution in [1.82, 2.24) is 0 Å². The first-order valence-corrected chi connectivity index (χ1v) is 3.42. The van der Waals surface area contributed by atoms with Gasteiger partial charge in [0.2, 0.25) is 0 Å². The van der Waals surface area contributed by atoms with E-state index in [9.17, 15) is 0 Å². The molecule has 0 saturated carbocycles. The summed E-state index contributed by atoms with van der Waals surface area (Å²) in [7, 11) is 4.50. The van der Waals surface area contributed by atoms with Crippen molar-refractivity contribution in [2.24, 2.45) is 0 Å². The first-order valence-electron chi connectivity index (χ1n) is 1.59. The smallest absolute Gasteiger partial charge is 0.295 e. The van der Waals surface area contributed by atoms with Crippen molar-refractivity contribution in [3.63, 3.8) is 0 Å². The molecular formula is C2H10B2Br2MoO2. The van der Waals surface area contributed by atoms with Gasteiger partial charge < -0.3 is 11.0 Å². The molecule has 0 bridgehead atoms. The molecule has 2 nitrogen and oxygen atoms in total. The van der Waals surface area contributed by atoms with Gasteiger partial charge in [0.15, 0.2) is 0 Å². The van der Waals surface area contributed by atoms with E-state index in [4.69, 9.17) is 0 Å². The van der Waals surface area contributed by atoms with Crippen molar-refractivity contribution >= 4 is 43.7 Å². The summed E-state index contributed by atoms with van der Waals surface area (Å²) in [6.07, 6.45) is 0. The molecule has 0 rings (SSSR count). The topological polar surface area (TPSA) is 63.0 Å². The van der Waals surface area contributed by atoms with Crippen LogP contribution in [0.5, 0.6) is 0 Å². The summed E-state index contributed by atoms with van der Waals surface area (Å²) < 4.78 is 0.458.